The van der Waals surface area contributed by atoms with Gasteiger partial charge in [-0.1, -0.05) is 6.07 Å². The number of aromatic hydroxyl groups is 1. The number of nitro groups is 2. The number of phenolic OH excluding ortho intramolecular Hbond substituents is 1. The molecule has 2 N–H and O–H groups in total. The van der Waals surface area contributed by atoms with E-state index in [4.69, 9.17) is 0 Å². The zero-order valence-corrected chi connectivity index (χ0v) is 13.0. The third-order valence-corrected chi connectivity index (χ3v) is 3.66. The summed E-state index contributed by atoms with van der Waals surface area (Å²) in [5.41, 5.74) is 0.204. The number of phenols is 1. The summed E-state index contributed by atoms with van der Waals surface area (Å²) < 4.78 is 0. The summed E-state index contributed by atoms with van der Waals surface area (Å²) in [4.78, 5) is 25.3. The molecule has 9 nitrogen and oxygen atoms in total. The number of aromatic nitrogens is 1. The highest BCUT2D eigenvalue weighted by molar-refractivity contribution is 6.02. The predicted molar refractivity (Wildman–Crippen MR) is 91.2 cm³/mol. The first-order chi connectivity index (χ1) is 11.9. The van der Waals surface area contributed by atoms with E-state index in [2.05, 4.69) is 10.3 Å². The van der Waals surface area contributed by atoms with Gasteiger partial charge in [-0.05, 0) is 36.8 Å². The van der Waals surface area contributed by atoms with Crippen molar-refractivity contribution in [1.82, 2.24) is 4.98 Å². The molecule has 0 saturated carbocycles. The fourth-order valence-electron chi connectivity index (χ4n) is 2.51. The van der Waals surface area contributed by atoms with Crippen molar-refractivity contribution in [3.05, 3.63) is 68.4 Å². The largest absolute Gasteiger partial charge is 0.506 e. The van der Waals surface area contributed by atoms with E-state index in [1.165, 1.54) is 24.4 Å². The number of nitrogens with one attached hydrogen (secondary N) is 1. The van der Waals surface area contributed by atoms with Gasteiger partial charge in [-0.3, -0.25) is 25.2 Å². The molecular formula is C16H12N4O5. The second-order valence-electron chi connectivity index (χ2n) is 5.35. The van der Waals surface area contributed by atoms with E-state index >= 15 is 0 Å². The molecular weight excluding hydrogens is 328 g/mol. The van der Waals surface area contributed by atoms with Gasteiger partial charge in [0.1, 0.15) is 17.0 Å². The van der Waals surface area contributed by atoms with Crippen LogP contribution in [0.15, 0.2) is 42.6 Å². The Labute approximate surface area is 140 Å². The molecule has 0 aliphatic heterocycles. The Hall–Kier alpha value is -3.75. The molecule has 0 saturated heterocycles. The highest BCUT2D eigenvalue weighted by Crippen LogP contribution is 2.41. The highest BCUT2D eigenvalue weighted by Gasteiger charge is 2.26. The van der Waals surface area contributed by atoms with Crippen LogP contribution in [-0.2, 0) is 0 Å². The van der Waals surface area contributed by atoms with Gasteiger partial charge >= 0.3 is 5.69 Å². The Morgan fingerprint density at radius 1 is 1.08 bits per heavy atom. The van der Waals surface area contributed by atoms with Gasteiger partial charge in [-0.15, -0.1) is 0 Å². The monoisotopic (exact) mass is 340 g/mol. The Morgan fingerprint density at radius 3 is 2.48 bits per heavy atom. The normalized spacial score (nSPS) is 10.6. The van der Waals surface area contributed by atoms with Crippen LogP contribution in [0.1, 0.15) is 5.56 Å². The van der Waals surface area contributed by atoms with Gasteiger partial charge in [0.2, 0.25) is 0 Å². The second-order valence-corrected chi connectivity index (χ2v) is 5.35. The van der Waals surface area contributed by atoms with E-state index in [1.807, 2.05) is 0 Å². The Morgan fingerprint density at radius 2 is 1.80 bits per heavy atom. The van der Waals surface area contributed by atoms with E-state index < -0.39 is 21.2 Å². The number of pyridine rings is 1. The summed E-state index contributed by atoms with van der Waals surface area (Å²) in [7, 11) is 0. The summed E-state index contributed by atoms with van der Waals surface area (Å²) in [6.45, 7) is 1.80. The van der Waals surface area contributed by atoms with Crippen LogP contribution in [0.4, 0.5) is 22.7 Å². The van der Waals surface area contributed by atoms with Crippen molar-refractivity contribution < 1.29 is 15.0 Å². The SMILES string of the molecule is Cc1ccc(O)c(Nc2c([N+](=O)[O-])cc([N+](=O)[O-])c3cccnc23)c1. The number of benzene rings is 2. The van der Waals surface area contributed by atoms with Gasteiger partial charge in [-0.25, -0.2) is 0 Å². The van der Waals surface area contributed by atoms with Crippen LogP contribution in [0.25, 0.3) is 10.9 Å². The van der Waals surface area contributed by atoms with Crippen molar-refractivity contribution in [2.45, 2.75) is 6.92 Å². The zero-order valence-electron chi connectivity index (χ0n) is 13.0. The maximum absolute atomic E-state index is 11.4. The molecule has 25 heavy (non-hydrogen) atoms. The molecule has 0 spiro atoms. The maximum Gasteiger partial charge on any atom is 0.301 e. The molecule has 2 aromatic carbocycles. The van der Waals surface area contributed by atoms with Gasteiger partial charge in [0.05, 0.1) is 27.0 Å². The molecule has 0 atom stereocenters. The molecule has 0 bridgehead atoms. The maximum atomic E-state index is 11.4. The molecule has 1 aromatic heterocycles. The van der Waals surface area contributed by atoms with Crippen LogP contribution in [0.2, 0.25) is 0 Å². The third-order valence-electron chi connectivity index (χ3n) is 3.66. The lowest BCUT2D eigenvalue weighted by Crippen LogP contribution is -2.02. The number of aryl methyl sites for hydroxylation is 1. The van der Waals surface area contributed by atoms with Gasteiger partial charge in [0.25, 0.3) is 5.69 Å². The fraction of sp³-hybridized carbons (Fsp3) is 0.0625. The smallest absolute Gasteiger partial charge is 0.301 e. The lowest BCUT2D eigenvalue weighted by Gasteiger charge is -2.12. The summed E-state index contributed by atoms with van der Waals surface area (Å²) in [6.07, 6.45) is 1.39. The Bertz CT molecular complexity index is 1020. The molecule has 3 rings (SSSR count). The van der Waals surface area contributed by atoms with Crippen LogP contribution >= 0.6 is 0 Å². The topological polar surface area (TPSA) is 131 Å². The number of non-ortho nitro benzene ring substituents is 1. The lowest BCUT2D eigenvalue weighted by molar-refractivity contribution is -0.392. The summed E-state index contributed by atoms with van der Waals surface area (Å²) >= 11 is 0. The molecule has 1 heterocycles. The van der Waals surface area contributed by atoms with Crippen molar-refractivity contribution in [2.75, 3.05) is 5.32 Å². The van der Waals surface area contributed by atoms with E-state index in [-0.39, 0.29) is 28.0 Å². The number of anilines is 2. The van der Waals surface area contributed by atoms with E-state index in [9.17, 15) is 25.3 Å². The molecule has 0 amide bonds. The molecule has 0 aliphatic rings. The summed E-state index contributed by atoms with van der Waals surface area (Å²) in [6, 6.07) is 8.60. The van der Waals surface area contributed by atoms with Crippen molar-refractivity contribution in [2.24, 2.45) is 0 Å². The number of hydrogen-bond acceptors (Lipinski definition) is 7. The third kappa shape index (κ3) is 2.90. The average Bonchev–Trinajstić information content (AvgIpc) is 2.57. The number of rotatable bonds is 4. The first-order valence-corrected chi connectivity index (χ1v) is 7.15. The number of nitro benzene ring substituents is 2. The average molecular weight is 340 g/mol. The van der Waals surface area contributed by atoms with Crippen LogP contribution in [0.5, 0.6) is 5.75 Å². The standard InChI is InChI=1S/C16H12N4O5/c1-9-4-5-14(21)11(7-9)18-16-13(20(24)25)8-12(19(22)23)10-3-2-6-17-15(10)16/h2-8,18,21H,1H3. The van der Waals surface area contributed by atoms with E-state index in [1.54, 1.807) is 19.1 Å². The van der Waals surface area contributed by atoms with E-state index in [0.717, 1.165) is 11.6 Å². The molecule has 3 aromatic rings. The minimum Gasteiger partial charge on any atom is -0.506 e. The number of hydrogen-bond donors (Lipinski definition) is 2. The Balaban J connectivity index is 2.31. The second kappa shape index (κ2) is 6.04. The van der Waals surface area contributed by atoms with Gasteiger partial charge in [0.15, 0.2) is 0 Å². The van der Waals surface area contributed by atoms with Crippen LogP contribution in [0, 0.1) is 27.2 Å². The van der Waals surface area contributed by atoms with Gasteiger partial charge < -0.3 is 10.4 Å². The number of nitrogens with zero attached hydrogens (tertiary/aromatic N) is 3. The van der Waals surface area contributed by atoms with Crippen LogP contribution in [0.3, 0.4) is 0 Å². The van der Waals surface area contributed by atoms with Crippen molar-refractivity contribution in [3.8, 4) is 5.75 Å². The van der Waals surface area contributed by atoms with Crippen molar-refractivity contribution in [3.63, 3.8) is 0 Å². The quantitative estimate of drug-likeness (QED) is 0.419. The fourth-order valence-corrected chi connectivity index (χ4v) is 2.51. The highest BCUT2D eigenvalue weighted by atomic mass is 16.6. The van der Waals surface area contributed by atoms with Gasteiger partial charge in [0, 0.05) is 6.20 Å². The van der Waals surface area contributed by atoms with Crippen LogP contribution < -0.4 is 5.32 Å². The van der Waals surface area contributed by atoms with Crippen molar-refractivity contribution in [1.29, 1.82) is 0 Å². The Kier molecular flexibility index (Phi) is 3.89. The molecule has 0 unspecified atom stereocenters. The minimum atomic E-state index is -0.726. The first-order valence-electron chi connectivity index (χ1n) is 7.15. The summed E-state index contributed by atoms with van der Waals surface area (Å²) in [5, 5.41) is 35.6. The molecule has 9 heteroatoms. The van der Waals surface area contributed by atoms with Gasteiger partial charge in [-0.2, -0.15) is 0 Å². The van der Waals surface area contributed by atoms with E-state index in [0.29, 0.717) is 0 Å². The summed E-state index contributed by atoms with van der Waals surface area (Å²) in [5.74, 6) is -0.109. The lowest BCUT2D eigenvalue weighted by atomic mass is 10.1. The van der Waals surface area contributed by atoms with Crippen LogP contribution in [-0.4, -0.2) is 19.9 Å². The first kappa shape index (κ1) is 16.1. The molecule has 0 radical (unpaired) electrons. The molecule has 0 aliphatic carbocycles. The number of fused-ring (bicyclic) bond motifs is 1. The van der Waals surface area contributed by atoms with Crippen molar-refractivity contribution >= 4 is 33.7 Å². The zero-order chi connectivity index (χ0) is 18.1. The minimum absolute atomic E-state index is 0.0212. The predicted octanol–water partition coefficient (Wildman–Crippen LogP) is 3.81. The molecule has 0 fully saturated rings. The molecule has 126 valence electrons.